The quantitative estimate of drug-likeness (QED) is 0.195. The fourth-order valence-electron chi connectivity index (χ4n) is 8.19. The highest BCUT2D eigenvalue weighted by molar-refractivity contribution is 6.15. The summed E-state index contributed by atoms with van der Waals surface area (Å²) in [7, 11) is 0. The van der Waals surface area contributed by atoms with Gasteiger partial charge in [0.1, 0.15) is 0 Å². The summed E-state index contributed by atoms with van der Waals surface area (Å²) in [5.74, 6) is 0. The van der Waals surface area contributed by atoms with Gasteiger partial charge in [-0.3, -0.25) is 0 Å². The molecule has 1 aliphatic carbocycles. The Morgan fingerprint density at radius 3 is 1.56 bits per heavy atom. The first-order valence-electron chi connectivity index (χ1n) is 16.5. The third-order valence-corrected chi connectivity index (χ3v) is 10.3. The lowest BCUT2D eigenvalue weighted by molar-refractivity contribution is 1.16. The Hall–Kier alpha value is -6.45. The van der Waals surface area contributed by atoms with Gasteiger partial charge in [-0.1, -0.05) is 103 Å². The van der Waals surface area contributed by atoms with E-state index < -0.39 is 0 Å². The number of para-hydroxylation sites is 3. The Morgan fingerprint density at radius 1 is 0.354 bits per heavy atom. The summed E-state index contributed by atoms with van der Waals surface area (Å²) in [4.78, 5) is 5.15. The summed E-state index contributed by atoms with van der Waals surface area (Å²) in [5, 5.41) is 6.28. The van der Waals surface area contributed by atoms with Crippen molar-refractivity contribution in [3.05, 3.63) is 164 Å². The summed E-state index contributed by atoms with van der Waals surface area (Å²) in [6.45, 7) is 0. The van der Waals surface area contributed by atoms with Crippen LogP contribution in [0.2, 0.25) is 0 Å². The molecule has 48 heavy (non-hydrogen) atoms. The minimum absolute atomic E-state index is 0.996. The van der Waals surface area contributed by atoms with Crippen LogP contribution in [-0.4, -0.2) is 14.1 Å². The van der Waals surface area contributed by atoms with Gasteiger partial charge in [-0.05, 0) is 82.9 Å². The molecule has 3 aromatic heterocycles. The van der Waals surface area contributed by atoms with Gasteiger partial charge in [-0.25, -0.2) is 4.98 Å². The van der Waals surface area contributed by atoms with Crippen molar-refractivity contribution in [2.75, 3.05) is 0 Å². The van der Waals surface area contributed by atoms with Crippen LogP contribution < -0.4 is 0 Å². The van der Waals surface area contributed by atoms with Gasteiger partial charge in [0.25, 0.3) is 0 Å². The van der Waals surface area contributed by atoms with Crippen molar-refractivity contribution in [3.8, 4) is 44.9 Å². The number of aromatic nitrogens is 3. The molecule has 3 nitrogen and oxygen atoms in total. The first-order valence-corrected chi connectivity index (χ1v) is 16.5. The van der Waals surface area contributed by atoms with Crippen molar-refractivity contribution in [3.63, 3.8) is 0 Å². The van der Waals surface area contributed by atoms with Crippen LogP contribution in [0.1, 0.15) is 0 Å². The molecule has 11 rings (SSSR count). The van der Waals surface area contributed by atoms with E-state index in [2.05, 4.69) is 173 Å². The van der Waals surface area contributed by atoms with Crippen LogP contribution in [0.15, 0.2) is 164 Å². The summed E-state index contributed by atoms with van der Waals surface area (Å²) in [6.07, 6.45) is 0. The van der Waals surface area contributed by atoms with Crippen LogP contribution in [0.5, 0.6) is 0 Å². The van der Waals surface area contributed by atoms with E-state index in [0.29, 0.717) is 0 Å². The van der Waals surface area contributed by atoms with E-state index in [1.807, 2.05) is 0 Å². The van der Waals surface area contributed by atoms with Gasteiger partial charge < -0.3 is 9.13 Å². The fourth-order valence-corrected chi connectivity index (χ4v) is 8.19. The molecule has 0 atom stereocenters. The summed E-state index contributed by atoms with van der Waals surface area (Å²) < 4.78 is 4.79. The molecule has 7 aromatic carbocycles. The monoisotopic (exact) mass is 609 g/mol. The van der Waals surface area contributed by atoms with Crippen molar-refractivity contribution in [2.45, 2.75) is 0 Å². The first-order chi connectivity index (χ1) is 23.8. The normalized spacial score (nSPS) is 12.2. The molecular weight excluding hydrogens is 583 g/mol. The number of hydrogen-bond acceptors (Lipinski definition) is 1. The zero-order valence-electron chi connectivity index (χ0n) is 25.9. The maximum atomic E-state index is 5.15. The van der Waals surface area contributed by atoms with E-state index in [9.17, 15) is 0 Å². The summed E-state index contributed by atoms with van der Waals surface area (Å²) in [5.41, 5.74) is 15.4. The fraction of sp³-hybridized carbons (Fsp3) is 0. The van der Waals surface area contributed by atoms with Crippen LogP contribution in [0.3, 0.4) is 0 Å². The van der Waals surface area contributed by atoms with Crippen LogP contribution in [-0.2, 0) is 0 Å². The van der Waals surface area contributed by atoms with E-state index in [1.165, 1.54) is 76.9 Å². The largest absolute Gasteiger partial charge is 0.309 e. The highest BCUT2D eigenvalue weighted by Gasteiger charge is 2.23. The maximum absolute atomic E-state index is 5.15. The number of benzene rings is 7. The molecule has 0 fully saturated rings. The number of rotatable bonds is 3. The Labute approximate surface area is 276 Å². The minimum Gasteiger partial charge on any atom is -0.309 e. The Morgan fingerprint density at radius 2 is 0.875 bits per heavy atom. The van der Waals surface area contributed by atoms with E-state index in [0.717, 1.165) is 22.5 Å². The van der Waals surface area contributed by atoms with E-state index in [-0.39, 0.29) is 0 Å². The standard InChI is InChI=1S/C45H27N3/c1-2-11-32-31(10-1)36-15-9-16-39-45(36)38(32)27-40(46-39)28-20-22-29(23-21-28)47-43-19-8-5-14-35(43)37-26-30(24-25-44(37)47)48-41-17-6-3-12-33(41)34-13-4-7-18-42(34)48/h1-27H. The average molecular weight is 610 g/mol. The zero-order valence-corrected chi connectivity index (χ0v) is 25.9. The van der Waals surface area contributed by atoms with Crippen molar-refractivity contribution >= 4 is 54.5 Å². The molecule has 222 valence electrons. The number of hydrogen-bond donors (Lipinski definition) is 0. The number of pyridine rings is 1. The van der Waals surface area contributed by atoms with E-state index >= 15 is 0 Å². The molecule has 0 saturated heterocycles. The third kappa shape index (κ3) is 3.45. The van der Waals surface area contributed by atoms with Crippen molar-refractivity contribution in [1.29, 1.82) is 0 Å². The van der Waals surface area contributed by atoms with Crippen LogP contribution >= 0.6 is 0 Å². The van der Waals surface area contributed by atoms with Crippen LogP contribution in [0.25, 0.3) is 99.4 Å². The predicted molar refractivity (Wildman–Crippen MR) is 200 cm³/mol. The Bertz CT molecular complexity index is 2890. The third-order valence-electron chi connectivity index (χ3n) is 10.3. The molecular formula is C45H27N3. The lowest BCUT2D eigenvalue weighted by Crippen LogP contribution is -1.96. The molecule has 3 heteroatoms. The smallest absolute Gasteiger partial charge is 0.0722 e. The van der Waals surface area contributed by atoms with E-state index in [4.69, 9.17) is 4.98 Å². The second-order valence-electron chi connectivity index (χ2n) is 12.8. The van der Waals surface area contributed by atoms with Gasteiger partial charge in [0.15, 0.2) is 0 Å². The Kier molecular flexibility index (Phi) is 5.11. The van der Waals surface area contributed by atoms with Gasteiger partial charge in [-0.2, -0.15) is 0 Å². The molecule has 0 spiro atoms. The van der Waals surface area contributed by atoms with Crippen molar-refractivity contribution in [1.82, 2.24) is 14.1 Å². The zero-order chi connectivity index (χ0) is 31.3. The molecule has 0 N–H and O–H groups in total. The van der Waals surface area contributed by atoms with Gasteiger partial charge >= 0.3 is 0 Å². The van der Waals surface area contributed by atoms with Gasteiger partial charge in [0.2, 0.25) is 0 Å². The number of nitrogens with zero attached hydrogens (tertiary/aromatic N) is 3. The minimum atomic E-state index is 0.996. The first kappa shape index (κ1) is 25.7. The SMILES string of the molecule is c1ccc2c(c1)-c1cccc3nc(-c4ccc(-n5c6ccccc6c6cc(-n7c8ccccc8c8ccccc87)ccc65)cc4)cc-2c13. The maximum Gasteiger partial charge on any atom is 0.0722 e. The molecule has 10 aromatic rings. The average Bonchev–Trinajstić information content (AvgIpc) is 3.78. The van der Waals surface area contributed by atoms with Crippen LogP contribution in [0, 0.1) is 0 Å². The molecule has 0 amide bonds. The lowest BCUT2D eigenvalue weighted by Gasteiger charge is -2.11. The van der Waals surface area contributed by atoms with Gasteiger partial charge in [-0.15, -0.1) is 0 Å². The summed E-state index contributed by atoms with van der Waals surface area (Å²) >= 11 is 0. The van der Waals surface area contributed by atoms with Crippen LogP contribution in [0.4, 0.5) is 0 Å². The molecule has 0 aliphatic heterocycles. The van der Waals surface area contributed by atoms with Crippen molar-refractivity contribution in [2.24, 2.45) is 0 Å². The van der Waals surface area contributed by atoms with Gasteiger partial charge in [0, 0.05) is 43.9 Å². The molecule has 0 bridgehead atoms. The number of fused-ring (bicyclic) bond motifs is 9. The molecule has 0 radical (unpaired) electrons. The predicted octanol–water partition coefficient (Wildman–Crippen LogP) is 11.7. The molecule has 0 saturated carbocycles. The lowest BCUT2D eigenvalue weighted by atomic mass is 10.0. The Balaban J connectivity index is 1.06. The van der Waals surface area contributed by atoms with Crippen molar-refractivity contribution < 1.29 is 0 Å². The molecule has 3 heterocycles. The highest BCUT2D eigenvalue weighted by atomic mass is 15.0. The van der Waals surface area contributed by atoms with E-state index in [1.54, 1.807) is 0 Å². The molecule has 0 unspecified atom stereocenters. The highest BCUT2D eigenvalue weighted by Crippen LogP contribution is 2.47. The molecule has 1 aliphatic rings. The second kappa shape index (κ2) is 9.54. The topological polar surface area (TPSA) is 22.8 Å². The second-order valence-corrected chi connectivity index (χ2v) is 12.8. The van der Waals surface area contributed by atoms with Gasteiger partial charge in [0.05, 0.1) is 33.3 Å². The summed E-state index contributed by atoms with van der Waals surface area (Å²) in [6, 6.07) is 59.4.